The number of nitrogens with zero attached hydrogens (tertiary/aromatic N) is 3. The van der Waals surface area contributed by atoms with Gasteiger partial charge in [-0.15, -0.1) is 0 Å². The van der Waals surface area contributed by atoms with E-state index < -0.39 is 0 Å². The van der Waals surface area contributed by atoms with Crippen molar-refractivity contribution < 1.29 is 0 Å². The molecule has 0 saturated heterocycles. The summed E-state index contributed by atoms with van der Waals surface area (Å²) in [7, 11) is 0. The van der Waals surface area contributed by atoms with Crippen LogP contribution in [0.2, 0.25) is 0 Å². The van der Waals surface area contributed by atoms with Gasteiger partial charge in [-0.2, -0.15) is 0 Å². The minimum atomic E-state index is -0.0935. The van der Waals surface area contributed by atoms with Crippen LogP contribution in [0.3, 0.4) is 0 Å². The predicted molar refractivity (Wildman–Crippen MR) is 79.2 cm³/mol. The van der Waals surface area contributed by atoms with E-state index in [0.717, 1.165) is 5.56 Å². The Bertz CT molecular complexity index is 821. The van der Waals surface area contributed by atoms with Crippen molar-refractivity contribution in [1.82, 2.24) is 14.5 Å². The Balaban J connectivity index is 2.22. The molecule has 0 aliphatic heterocycles. The first-order valence-corrected chi connectivity index (χ1v) is 6.59. The van der Waals surface area contributed by atoms with Gasteiger partial charge >= 0.3 is 0 Å². The fraction of sp³-hybridized carbons (Fsp3) is 0.188. The summed E-state index contributed by atoms with van der Waals surface area (Å²) < 4.78 is 1.57. The van der Waals surface area contributed by atoms with Gasteiger partial charge < -0.3 is 0 Å². The van der Waals surface area contributed by atoms with Gasteiger partial charge in [0.1, 0.15) is 5.82 Å². The van der Waals surface area contributed by atoms with Crippen molar-refractivity contribution >= 4 is 10.9 Å². The number of aromatic nitrogens is 3. The topological polar surface area (TPSA) is 47.8 Å². The Morgan fingerprint density at radius 1 is 1.10 bits per heavy atom. The molecular weight excluding hydrogens is 250 g/mol. The predicted octanol–water partition coefficient (Wildman–Crippen LogP) is 2.90. The summed E-state index contributed by atoms with van der Waals surface area (Å²) in [6.45, 7) is 4.23. The molecule has 0 amide bonds. The molecule has 0 unspecified atom stereocenters. The highest BCUT2D eigenvalue weighted by Gasteiger charge is 2.07. The molecule has 0 N–H and O–H groups in total. The van der Waals surface area contributed by atoms with Crippen LogP contribution in [0.5, 0.6) is 0 Å². The minimum Gasteiger partial charge on any atom is -0.268 e. The fourth-order valence-electron chi connectivity index (χ4n) is 2.18. The van der Waals surface area contributed by atoms with E-state index in [1.54, 1.807) is 35.3 Å². The third kappa shape index (κ3) is 2.09. The normalized spacial score (nSPS) is 11.2. The second kappa shape index (κ2) is 4.89. The molecule has 0 aliphatic carbocycles. The summed E-state index contributed by atoms with van der Waals surface area (Å²) in [4.78, 5) is 21.0. The first-order valence-electron chi connectivity index (χ1n) is 6.59. The van der Waals surface area contributed by atoms with Crippen molar-refractivity contribution in [3.05, 3.63) is 64.8 Å². The van der Waals surface area contributed by atoms with E-state index in [0.29, 0.717) is 22.6 Å². The van der Waals surface area contributed by atoms with Crippen molar-refractivity contribution in [2.24, 2.45) is 0 Å². The van der Waals surface area contributed by atoms with E-state index in [2.05, 4.69) is 23.8 Å². The second-order valence-corrected chi connectivity index (χ2v) is 5.03. The maximum atomic E-state index is 12.5. The molecule has 0 atom stereocenters. The van der Waals surface area contributed by atoms with Gasteiger partial charge in [0, 0.05) is 18.6 Å². The first kappa shape index (κ1) is 12.5. The van der Waals surface area contributed by atoms with Crippen LogP contribution in [-0.2, 0) is 0 Å². The largest absolute Gasteiger partial charge is 0.268 e. The Labute approximate surface area is 116 Å². The van der Waals surface area contributed by atoms with Gasteiger partial charge in [0.2, 0.25) is 0 Å². The van der Waals surface area contributed by atoms with Gasteiger partial charge in [-0.05, 0) is 41.8 Å². The van der Waals surface area contributed by atoms with Gasteiger partial charge in [-0.3, -0.25) is 14.3 Å². The van der Waals surface area contributed by atoms with Gasteiger partial charge in [0.25, 0.3) is 5.56 Å². The molecule has 3 rings (SSSR count). The minimum absolute atomic E-state index is 0.0935. The van der Waals surface area contributed by atoms with Gasteiger partial charge in [0.05, 0.1) is 10.9 Å². The quantitative estimate of drug-likeness (QED) is 0.715. The van der Waals surface area contributed by atoms with Crippen LogP contribution in [0.25, 0.3) is 16.7 Å². The van der Waals surface area contributed by atoms with Crippen molar-refractivity contribution in [3.63, 3.8) is 0 Å². The number of hydrogen-bond acceptors (Lipinski definition) is 3. The Kier molecular flexibility index (Phi) is 3.06. The summed E-state index contributed by atoms with van der Waals surface area (Å²) in [6, 6.07) is 9.32. The van der Waals surface area contributed by atoms with E-state index >= 15 is 0 Å². The molecule has 0 fully saturated rings. The van der Waals surface area contributed by atoms with E-state index in [1.807, 2.05) is 18.2 Å². The standard InChI is InChI=1S/C16H15N3O/c1-11(2)12-5-8-18-15(10-12)19-9-6-14-13(16(19)20)4-3-7-17-14/h3-11H,1-2H3. The zero-order valence-corrected chi connectivity index (χ0v) is 11.4. The lowest BCUT2D eigenvalue weighted by Gasteiger charge is -2.09. The summed E-state index contributed by atoms with van der Waals surface area (Å²) in [6.07, 6.45) is 5.15. The highest BCUT2D eigenvalue weighted by atomic mass is 16.1. The van der Waals surface area contributed by atoms with Crippen molar-refractivity contribution in [2.75, 3.05) is 0 Å². The molecule has 4 heteroatoms. The third-order valence-corrected chi connectivity index (χ3v) is 3.35. The van der Waals surface area contributed by atoms with Gasteiger partial charge in [0.15, 0.2) is 0 Å². The Morgan fingerprint density at radius 3 is 2.75 bits per heavy atom. The van der Waals surface area contributed by atoms with E-state index in [4.69, 9.17) is 0 Å². The summed E-state index contributed by atoms with van der Waals surface area (Å²) >= 11 is 0. The lowest BCUT2D eigenvalue weighted by molar-refractivity contribution is 0.851. The fourth-order valence-corrected chi connectivity index (χ4v) is 2.18. The van der Waals surface area contributed by atoms with Gasteiger partial charge in [-0.1, -0.05) is 13.8 Å². The average molecular weight is 265 g/mol. The van der Waals surface area contributed by atoms with Crippen molar-refractivity contribution in [3.8, 4) is 5.82 Å². The molecule has 0 spiro atoms. The molecule has 3 aromatic rings. The molecule has 3 heterocycles. The average Bonchev–Trinajstić information content (AvgIpc) is 2.48. The summed E-state index contributed by atoms with van der Waals surface area (Å²) in [5, 5.41) is 0.603. The molecule has 4 nitrogen and oxygen atoms in total. The number of fused-ring (bicyclic) bond motifs is 1. The van der Waals surface area contributed by atoms with Crippen LogP contribution in [-0.4, -0.2) is 14.5 Å². The molecule has 0 bridgehead atoms. The second-order valence-electron chi connectivity index (χ2n) is 5.03. The highest BCUT2D eigenvalue weighted by Crippen LogP contribution is 2.16. The van der Waals surface area contributed by atoms with Crippen molar-refractivity contribution in [1.29, 1.82) is 0 Å². The summed E-state index contributed by atoms with van der Waals surface area (Å²) in [5.41, 5.74) is 1.77. The molecule has 20 heavy (non-hydrogen) atoms. The SMILES string of the molecule is CC(C)c1ccnc(-n2ccc3ncccc3c2=O)c1. The van der Waals surface area contributed by atoms with E-state index in [-0.39, 0.29) is 5.56 Å². The molecule has 0 saturated carbocycles. The Morgan fingerprint density at radius 2 is 1.95 bits per heavy atom. The highest BCUT2D eigenvalue weighted by molar-refractivity contribution is 5.77. The van der Waals surface area contributed by atoms with E-state index in [9.17, 15) is 4.79 Å². The van der Waals surface area contributed by atoms with Crippen LogP contribution in [0, 0.1) is 0 Å². The van der Waals surface area contributed by atoms with Crippen LogP contribution < -0.4 is 5.56 Å². The van der Waals surface area contributed by atoms with Crippen LogP contribution in [0.15, 0.2) is 53.7 Å². The van der Waals surface area contributed by atoms with Crippen LogP contribution in [0.4, 0.5) is 0 Å². The number of hydrogen-bond donors (Lipinski definition) is 0. The first-order chi connectivity index (χ1) is 9.66. The monoisotopic (exact) mass is 265 g/mol. The number of pyridine rings is 3. The Hall–Kier alpha value is -2.49. The maximum absolute atomic E-state index is 12.5. The van der Waals surface area contributed by atoms with Crippen molar-refractivity contribution in [2.45, 2.75) is 19.8 Å². The lowest BCUT2D eigenvalue weighted by atomic mass is 10.1. The zero-order chi connectivity index (χ0) is 14.1. The molecule has 3 aromatic heterocycles. The molecule has 0 radical (unpaired) electrons. The summed E-state index contributed by atoms with van der Waals surface area (Å²) in [5.74, 6) is 1.04. The molecule has 100 valence electrons. The maximum Gasteiger partial charge on any atom is 0.265 e. The van der Waals surface area contributed by atoms with Crippen LogP contribution in [0.1, 0.15) is 25.3 Å². The zero-order valence-electron chi connectivity index (χ0n) is 11.4. The molecule has 0 aromatic carbocycles. The smallest absolute Gasteiger partial charge is 0.265 e. The van der Waals surface area contributed by atoms with Crippen LogP contribution >= 0.6 is 0 Å². The molecule has 0 aliphatic rings. The number of rotatable bonds is 2. The third-order valence-electron chi connectivity index (χ3n) is 3.35. The molecular formula is C16H15N3O. The van der Waals surface area contributed by atoms with E-state index in [1.165, 1.54) is 0 Å². The van der Waals surface area contributed by atoms with Gasteiger partial charge in [-0.25, -0.2) is 4.98 Å². The lowest BCUT2D eigenvalue weighted by Crippen LogP contribution is -2.19.